The third kappa shape index (κ3) is 3.87. The molecule has 0 radical (unpaired) electrons. The molecule has 0 aliphatic rings. The van der Waals surface area contributed by atoms with Crippen molar-refractivity contribution < 1.29 is 4.79 Å². The molecule has 126 valence electrons. The van der Waals surface area contributed by atoms with Crippen LogP contribution in [0.5, 0.6) is 0 Å². The van der Waals surface area contributed by atoms with Gasteiger partial charge in [-0.05, 0) is 42.8 Å². The van der Waals surface area contributed by atoms with Gasteiger partial charge in [-0.2, -0.15) is 5.10 Å². The van der Waals surface area contributed by atoms with Crippen LogP contribution in [0.25, 0.3) is 5.69 Å². The molecule has 3 aromatic rings. The minimum atomic E-state index is -0.359. The summed E-state index contributed by atoms with van der Waals surface area (Å²) < 4.78 is 1.64. The Morgan fingerprint density at radius 3 is 2.52 bits per heavy atom. The number of nitrogens with zero attached hydrogens (tertiary/aromatic N) is 4. The number of carbonyl (C=O) groups excluding carboxylic acids is 1. The fraction of sp³-hybridized carbons (Fsp3) is 0.0588. The van der Waals surface area contributed by atoms with Crippen LogP contribution in [0.3, 0.4) is 0 Å². The smallest absolute Gasteiger partial charge is 0.271 e. The zero-order valence-electron chi connectivity index (χ0n) is 13.1. The molecule has 8 heteroatoms. The fourth-order valence-corrected chi connectivity index (χ4v) is 2.68. The molecule has 0 saturated heterocycles. The molecule has 0 saturated carbocycles. The number of hydrogen-bond donors (Lipinski definition) is 1. The number of hydrazone groups is 1. The maximum Gasteiger partial charge on any atom is 0.271 e. The Balaban J connectivity index is 1.85. The molecule has 6 nitrogen and oxygen atoms in total. The van der Waals surface area contributed by atoms with Crippen molar-refractivity contribution in [3.8, 4) is 5.69 Å². The largest absolute Gasteiger partial charge is 0.281 e. The van der Waals surface area contributed by atoms with E-state index in [1.807, 2.05) is 31.2 Å². The highest BCUT2D eigenvalue weighted by Gasteiger charge is 2.14. The minimum absolute atomic E-state index is 0.187. The summed E-state index contributed by atoms with van der Waals surface area (Å²) in [6, 6.07) is 10.9. The van der Waals surface area contributed by atoms with Crippen molar-refractivity contribution in [1.29, 1.82) is 0 Å². The van der Waals surface area contributed by atoms with Crippen LogP contribution >= 0.6 is 23.2 Å². The lowest BCUT2D eigenvalue weighted by molar-refractivity contribution is 0.0955. The van der Waals surface area contributed by atoms with Crippen molar-refractivity contribution in [1.82, 2.24) is 20.0 Å². The van der Waals surface area contributed by atoms with E-state index in [1.165, 1.54) is 18.6 Å². The van der Waals surface area contributed by atoms with Gasteiger partial charge in [0, 0.05) is 23.6 Å². The molecule has 0 aliphatic heterocycles. The van der Waals surface area contributed by atoms with E-state index in [4.69, 9.17) is 23.2 Å². The van der Waals surface area contributed by atoms with E-state index >= 15 is 0 Å². The van der Waals surface area contributed by atoms with Crippen LogP contribution in [0, 0.1) is 6.92 Å². The normalized spacial score (nSPS) is 11.0. The Hall–Kier alpha value is -2.70. The van der Waals surface area contributed by atoms with Crippen LogP contribution in [0.4, 0.5) is 0 Å². The Morgan fingerprint density at radius 2 is 1.84 bits per heavy atom. The van der Waals surface area contributed by atoms with Gasteiger partial charge in [0.2, 0.25) is 5.28 Å². The molecule has 2 heterocycles. The number of aromatic nitrogens is 3. The van der Waals surface area contributed by atoms with Gasteiger partial charge in [0.25, 0.3) is 5.91 Å². The zero-order chi connectivity index (χ0) is 17.8. The molecule has 0 aliphatic carbocycles. The number of hydrogen-bond acceptors (Lipinski definition) is 4. The first kappa shape index (κ1) is 17.1. The third-order valence-corrected chi connectivity index (χ3v) is 3.95. The average Bonchev–Trinajstić information content (AvgIpc) is 2.90. The monoisotopic (exact) mass is 373 g/mol. The van der Waals surface area contributed by atoms with E-state index in [1.54, 1.807) is 16.7 Å². The second kappa shape index (κ2) is 7.46. The number of imidazole rings is 1. The van der Waals surface area contributed by atoms with E-state index < -0.39 is 0 Å². The highest BCUT2D eigenvalue weighted by molar-refractivity contribution is 6.34. The Kier molecular flexibility index (Phi) is 5.11. The summed E-state index contributed by atoms with van der Waals surface area (Å²) in [6.45, 7) is 1.99. The van der Waals surface area contributed by atoms with Gasteiger partial charge in [-0.15, -0.1) is 0 Å². The quantitative estimate of drug-likeness (QED) is 0.560. The Bertz CT molecular complexity index is 920. The summed E-state index contributed by atoms with van der Waals surface area (Å²) in [4.78, 5) is 19.9. The number of carbonyl (C=O) groups is 1. The predicted molar refractivity (Wildman–Crippen MR) is 97.6 cm³/mol. The van der Waals surface area contributed by atoms with Gasteiger partial charge in [0.15, 0.2) is 5.15 Å². The summed E-state index contributed by atoms with van der Waals surface area (Å²) in [5, 5.41) is 4.34. The number of benzene rings is 1. The Morgan fingerprint density at radius 1 is 1.16 bits per heavy atom. The summed E-state index contributed by atoms with van der Waals surface area (Å²) in [7, 11) is 0. The fourth-order valence-electron chi connectivity index (χ4n) is 2.15. The van der Waals surface area contributed by atoms with Crippen molar-refractivity contribution in [2.75, 3.05) is 0 Å². The second-order valence-electron chi connectivity index (χ2n) is 5.16. The van der Waals surface area contributed by atoms with Crippen LogP contribution in [-0.4, -0.2) is 26.7 Å². The number of rotatable bonds is 4. The molecule has 1 amide bonds. The van der Waals surface area contributed by atoms with Gasteiger partial charge in [-0.1, -0.05) is 29.3 Å². The Labute approximate surface area is 154 Å². The molecule has 1 aromatic carbocycles. The van der Waals surface area contributed by atoms with Crippen LogP contribution in [0.15, 0.2) is 53.9 Å². The van der Waals surface area contributed by atoms with Gasteiger partial charge < -0.3 is 0 Å². The van der Waals surface area contributed by atoms with E-state index in [9.17, 15) is 4.79 Å². The molecular weight excluding hydrogens is 361 g/mol. The van der Waals surface area contributed by atoms with Crippen LogP contribution < -0.4 is 5.43 Å². The molecule has 3 rings (SSSR count). The van der Waals surface area contributed by atoms with Crippen LogP contribution in [0.2, 0.25) is 10.4 Å². The van der Waals surface area contributed by atoms with Gasteiger partial charge in [0.1, 0.15) is 5.69 Å². The van der Waals surface area contributed by atoms with Crippen LogP contribution in [0.1, 0.15) is 21.6 Å². The molecule has 2 aromatic heterocycles. The van der Waals surface area contributed by atoms with Crippen molar-refractivity contribution in [3.05, 3.63) is 76.0 Å². The third-order valence-electron chi connectivity index (χ3n) is 3.41. The van der Waals surface area contributed by atoms with E-state index in [0.717, 1.165) is 11.3 Å². The molecule has 0 fully saturated rings. The number of amides is 1. The van der Waals surface area contributed by atoms with Gasteiger partial charge in [-0.25, -0.2) is 10.4 Å². The highest BCUT2D eigenvalue weighted by Crippen LogP contribution is 2.24. The lowest BCUT2D eigenvalue weighted by atomic mass is 10.2. The van der Waals surface area contributed by atoms with Crippen molar-refractivity contribution in [2.45, 2.75) is 6.92 Å². The lowest BCUT2D eigenvalue weighted by Gasteiger charge is -2.07. The first-order valence-electron chi connectivity index (χ1n) is 7.30. The molecule has 25 heavy (non-hydrogen) atoms. The first-order valence-corrected chi connectivity index (χ1v) is 8.06. The predicted octanol–water partition coefficient (Wildman–Crippen LogP) is 3.65. The molecule has 0 spiro atoms. The summed E-state index contributed by atoms with van der Waals surface area (Å²) in [5.74, 6) is -0.359. The number of pyridine rings is 1. The zero-order valence-corrected chi connectivity index (χ0v) is 14.7. The maximum absolute atomic E-state index is 12.0. The first-order chi connectivity index (χ1) is 12.1. The highest BCUT2D eigenvalue weighted by atomic mass is 35.5. The molecule has 0 unspecified atom stereocenters. The SMILES string of the molecule is Cc1ccc(-n2c(Cl)nc(Cl)c2/C=N/NC(=O)c2ccncc2)cc1. The summed E-state index contributed by atoms with van der Waals surface area (Å²) in [6.07, 6.45) is 4.46. The number of nitrogens with one attached hydrogen (secondary N) is 1. The van der Waals surface area contributed by atoms with Crippen molar-refractivity contribution >= 4 is 35.3 Å². The van der Waals surface area contributed by atoms with Crippen molar-refractivity contribution in [3.63, 3.8) is 0 Å². The average molecular weight is 374 g/mol. The molecule has 0 bridgehead atoms. The maximum atomic E-state index is 12.0. The van der Waals surface area contributed by atoms with Crippen molar-refractivity contribution in [2.24, 2.45) is 5.10 Å². The molecule has 0 atom stereocenters. The summed E-state index contributed by atoms with van der Waals surface area (Å²) >= 11 is 12.3. The molecule has 1 N–H and O–H groups in total. The molecular formula is C17H13Cl2N5O. The lowest BCUT2D eigenvalue weighted by Crippen LogP contribution is -2.17. The van der Waals surface area contributed by atoms with E-state index in [2.05, 4.69) is 20.5 Å². The number of halogens is 2. The number of aryl methyl sites for hydroxylation is 1. The van der Waals surface area contributed by atoms with Gasteiger partial charge >= 0.3 is 0 Å². The minimum Gasteiger partial charge on any atom is -0.281 e. The second-order valence-corrected chi connectivity index (χ2v) is 5.86. The topological polar surface area (TPSA) is 72.2 Å². The van der Waals surface area contributed by atoms with E-state index in [0.29, 0.717) is 11.3 Å². The van der Waals surface area contributed by atoms with E-state index in [-0.39, 0.29) is 16.3 Å². The van der Waals surface area contributed by atoms with Gasteiger partial charge in [-0.3, -0.25) is 14.3 Å². The standard InChI is InChI=1S/C17H13Cl2N5O/c1-11-2-4-13(5-3-11)24-14(15(18)22-17(24)19)10-21-23-16(25)12-6-8-20-9-7-12/h2-10H,1H3,(H,23,25)/b21-10+. The van der Waals surface area contributed by atoms with Gasteiger partial charge in [0.05, 0.1) is 6.21 Å². The summed E-state index contributed by atoms with van der Waals surface area (Å²) in [5.41, 5.74) is 5.25. The van der Waals surface area contributed by atoms with Crippen LogP contribution in [-0.2, 0) is 0 Å².